The molecule has 0 bridgehead atoms. The van der Waals surface area contributed by atoms with Crippen molar-refractivity contribution in [1.82, 2.24) is 19.5 Å². The Balaban J connectivity index is 1.34. The van der Waals surface area contributed by atoms with Crippen molar-refractivity contribution in [2.45, 2.75) is 66.9 Å². The van der Waals surface area contributed by atoms with Gasteiger partial charge < -0.3 is 18.7 Å². The fourth-order valence-electron chi connectivity index (χ4n) is 7.52. The van der Waals surface area contributed by atoms with E-state index in [1.807, 2.05) is 44.2 Å². The maximum atomic E-state index is 13.7. The maximum Gasteiger partial charge on any atom is 0.331 e. The summed E-state index contributed by atoms with van der Waals surface area (Å²) in [5, 5.41) is 3.18. The Morgan fingerprint density at radius 3 is 2.45 bits per heavy atom. The Labute approximate surface area is 306 Å². The first-order valence-corrected chi connectivity index (χ1v) is 18.8. The van der Waals surface area contributed by atoms with E-state index in [1.165, 1.54) is 4.52 Å². The van der Waals surface area contributed by atoms with E-state index in [0.29, 0.717) is 61.3 Å². The van der Waals surface area contributed by atoms with Crippen LogP contribution in [-0.4, -0.2) is 67.9 Å². The van der Waals surface area contributed by atoms with E-state index in [2.05, 4.69) is 40.3 Å². The fourth-order valence-corrected chi connectivity index (χ4v) is 8.48. The van der Waals surface area contributed by atoms with Crippen molar-refractivity contribution in [3.8, 4) is 17.1 Å². The van der Waals surface area contributed by atoms with E-state index in [1.54, 1.807) is 17.9 Å². The molecule has 2 aliphatic rings. The molecule has 1 aliphatic carbocycles. The number of aromatic nitrogens is 3. The predicted molar refractivity (Wildman–Crippen MR) is 200 cm³/mol. The maximum absolute atomic E-state index is 13.7. The van der Waals surface area contributed by atoms with Gasteiger partial charge in [-0.25, -0.2) is 19.1 Å². The molecule has 2 N–H and O–H groups in total. The number of H-pyrrole nitrogens is 1. The second kappa shape index (κ2) is 15.0. The monoisotopic (exact) mass is 733 g/mol. The van der Waals surface area contributed by atoms with Gasteiger partial charge in [0.1, 0.15) is 22.6 Å². The van der Waals surface area contributed by atoms with Crippen molar-refractivity contribution in [3.63, 3.8) is 0 Å². The van der Waals surface area contributed by atoms with Crippen LogP contribution in [0.3, 0.4) is 0 Å². The number of benzene rings is 2. The van der Waals surface area contributed by atoms with E-state index < -0.39 is 17.2 Å². The molecule has 1 amide bonds. The predicted octanol–water partition coefficient (Wildman–Crippen LogP) is 7.37. The van der Waals surface area contributed by atoms with E-state index in [4.69, 9.17) is 32.1 Å². The third-order valence-electron chi connectivity index (χ3n) is 10.0. The molecule has 3 unspecified atom stereocenters. The van der Waals surface area contributed by atoms with Crippen LogP contribution in [0.25, 0.3) is 21.9 Å². The number of esters is 1. The van der Waals surface area contributed by atoms with Gasteiger partial charge in [0, 0.05) is 38.7 Å². The zero-order chi connectivity index (χ0) is 36.6. The average Bonchev–Trinajstić information content (AvgIpc) is 3.64. The number of amides is 1. The van der Waals surface area contributed by atoms with Gasteiger partial charge in [-0.2, -0.15) is 4.21 Å². The lowest BCUT2D eigenvalue weighted by Crippen LogP contribution is -2.48. The van der Waals surface area contributed by atoms with Crippen LogP contribution in [0.4, 0.5) is 17.1 Å². The highest BCUT2D eigenvalue weighted by Gasteiger charge is 2.36. The summed E-state index contributed by atoms with van der Waals surface area (Å²) < 4.78 is 30.0. The lowest BCUT2D eigenvalue weighted by molar-refractivity contribution is -0.129. The molecule has 3 heterocycles. The van der Waals surface area contributed by atoms with Gasteiger partial charge in [-0.3, -0.25) is 14.6 Å². The first-order chi connectivity index (χ1) is 24.4. The van der Waals surface area contributed by atoms with Gasteiger partial charge in [0.2, 0.25) is 11.6 Å². The number of hydrogen-bond acceptors (Lipinski definition) is 7. The van der Waals surface area contributed by atoms with Gasteiger partial charge in [-0.1, -0.05) is 51.4 Å². The number of aryl methyl sites for hydroxylation is 2. The summed E-state index contributed by atoms with van der Waals surface area (Å²) in [4.78, 5) is 38.0. The molecule has 0 spiro atoms. The minimum atomic E-state index is -1.97. The molecule has 51 heavy (non-hydrogen) atoms. The molecule has 1 aliphatic heterocycles. The zero-order valence-corrected chi connectivity index (χ0v) is 31.4. The minimum Gasteiger partial charge on any atom is -0.459 e. The van der Waals surface area contributed by atoms with Crippen molar-refractivity contribution in [2.24, 2.45) is 17.8 Å². The highest BCUT2D eigenvalue weighted by Crippen LogP contribution is 2.40. The van der Waals surface area contributed by atoms with E-state index in [9.17, 15) is 13.8 Å². The van der Waals surface area contributed by atoms with E-state index in [0.717, 1.165) is 29.7 Å². The van der Waals surface area contributed by atoms with E-state index in [-0.39, 0.29) is 45.9 Å². The van der Waals surface area contributed by atoms with Crippen LogP contribution in [0.15, 0.2) is 36.4 Å². The topological polar surface area (TPSA) is 126 Å². The number of halogens is 1. The van der Waals surface area contributed by atoms with Crippen molar-refractivity contribution in [2.75, 3.05) is 35.8 Å². The number of carbonyl (C=O) groups is 2. The minimum absolute atomic E-state index is 0.0194. The smallest absolute Gasteiger partial charge is 0.331 e. The normalized spacial score (nSPS) is 21.3. The lowest BCUT2D eigenvalue weighted by Gasteiger charge is -2.37. The molecule has 2 aromatic heterocycles. The van der Waals surface area contributed by atoms with Gasteiger partial charge in [0.25, 0.3) is 0 Å². The van der Waals surface area contributed by atoms with Crippen LogP contribution in [0.5, 0.6) is 5.75 Å². The summed E-state index contributed by atoms with van der Waals surface area (Å²) in [5.74, 6) is 1.21. The molecule has 6 rings (SSSR count). The Hall–Kier alpha value is -4.54. The number of ether oxygens (including phenoxy) is 1. The summed E-state index contributed by atoms with van der Waals surface area (Å²) in [6.45, 7) is 22.0. The number of nitrogens with zero attached hydrogens (tertiary/aromatic N) is 5. The second-order valence-corrected chi connectivity index (χ2v) is 15.1. The molecular formula is C37H44ClN7O5S. The quantitative estimate of drug-likeness (QED) is 0.136. The number of piperazine rings is 1. The molecule has 1 saturated carbocycles. The Kier molecular flexibility index (Phi) is 10.6. The van der Waals surface area contributed by atoms with E-state index >= 15 is 0 Å². The standard InChI is InChI=1S/C37H44ClN7O5S/c1-8-26-10-9-21(2)19-30(26)50-51(48)42-28-20-27(11-12-29(28)44-15-13-43(14-16-44)25(6)46)35-40-36-31(32(39-7)34(38)45(36)41-35)37(47)49-33-23(4)17-22(3)18-24(33)5/h9-12,19-20,22-24,33,42H,8,13-18H2,1-6H3,(H,40,41). The third kappa shape index (κ3) is 7.44. The van der Waals surface area contributed by atoms with Gasteiger partial charge in [0.15, 0.2) is 11.5 Å². The van der Waals surface area contributed by atoms with Crippen LogP contribution in [-0.2, 0) is 27.2 Å². The number of hydrogen-bond donors (Lipinski definition) is 2. The SMILES string of the molecule is [C-]#[N+]c1c(C(=O)OC2C(C)CC(C)CC2C)c2nc(-c3ccc(N4CCN(C(C)=O)CC4)c(NS(=O)Oc4cc(C)ccc4CC)c3)[nH]n2c1Cl. The Morgan fingerprint density at radius 1 is 1.10 bits per heavy atom. The van der Waals surface area contributed by atoms with Crippen molar-refractivity contribution in [3.05, 3.63) is 69.7 Å². The molecule has 3 atom stereocenters. The van der Waals surface area contributed by atoms with Crippen LogP contribution < -0.4 is 13.8 Å². The molecule has 12 nitrogen and oxygen atoms in total. The summed E-state index contributed by atoms with van der Waals surface area (Å²) in [6, 6.07) is 11.4. The zero-order valence-electron chi connectivity index (χ0n) is 29.8. The number of anilines is 2. The highest BCUT2D eigenvalue weighted by atomic mass is 35.5. The second-order valence-electron chi connectivity index (χ2n) is 13.9. The van der Waals surface area contributed by atoms with Crippen molar-refractivity contribution in [1.29, 1.82) is 0 Å². The first kappa shape index (κ1) is 36.3. The lowest BCUT2D eigenvalue weighted by atomic mass is 9.75. The number of aromatic amines is 1. The number of nitrogens with one attached hydrogen (secondary N) is 2. The summed E-state index contributed by atoms with van der Waals surface area (Å²) in [6.07, 6.45) is 2.34. The molecule has 1 saturated heterocycles. The van der Waals surface area contributed by atoms with Crippen LogP contribution in [0.2, 0.25) is 5.15 Å². The van der Waals surface area contributed by atoms with Gasteiger partial charge in [-0.15, -0.1) is 0 Å². The Morgan fingerprint density at radius 2 is 1.80 bits per heavy atom. The fraction of sp³-hybridized carbons (Fsp3) is 0.459. The summed E-state index contributed by atoms with van der Waals surface area (Å²) >= 11 is 4.70. The van der Waals surface area contributed by atoms with Crippen LogP contribution >= 0.6 is 11.6 Å². The van der Waals surface area contributed by atoms with Crippen molar-refractivity contribution >= 4 is 57.5 Å². The van der Waals surface area contributed by atoms with Crippen LogP contribution in [0.1, 0.15) is 68.9 Å². The molecule has 2 aromatic carbocycles. The first-order valence-electron chi connectivity index (χ1n) is 17.4. The van der Waals surface area contributed by atoms with Gasteiger partial charge in [0.05, 0.1) is 17.9 Å². The van der Waals surface area contributed by atoms with Crippen LogP contribution in [0, 0.1) is 31.2 Å². The molecule has 14 heteroatoms. The number of carbonyl (C=O) groups excluding carboxylic acids is 2. The van der Waals surface area contributed by atoms with Gasteiger partial charge in [-0.05, 0) is 79.3 Å². The summed E-state index contributed by atoms with van der Waals surface area (Å²) in [7, 11) is 0. The molecule has 0 radical (unpaired) electrons. The molecular weight excluding hydrogens is 690 g/mol. The third-order valence-corrected chi connectivity index (χ3v) is 11.1. The average molecular weight is 734 g/mol. The molecule has 4 aromatic rings. The molecule has 270 valence electrons. The summed E-state index contributed by atoms with van der Waals surface area (Å²) in [5.41, 5.74) is 4.02. The number of fused-ring (bicyclic) bond motifs is 1. The highest BCUT2D eigenvalue weighted by molar-refractivity contribution is 7.82. The largest absolute Gasteiger partial charge is 0.459 e. The van der Waals surface area contributed by atoms with Crippen molar-refractivity contribution < 1.29 is 22.7 Å². The molecule has 2 fully saturated rings. The Bertz CT molecular complexity index is 2020. The van der Waals surface area contributed by atoms with Gasteiger partial charge >= 0.3 is 17.2 Å². The number of rotatable bonds is 9.